The van der Waals surface area contributed by atoms with Crippen LogP contribution in [0.5, 0.6) is 0 Å². The zero-order valence-corrected chi connectivity index (χ0v) is 16.3. The van der Waals surface area contributed by atoms with E-state index in [9.17, 15) is 9.90 Å². The number of carbonyl (C=O) groups excluding carboxylic acids is 1. The van der Waals surface area contributed by atoms with Crippen molar-refractivity contribution in [2.45, 2.75) is 32.2 Å². The molecular formula is C21H23N3O2S. The molecule has 140 valence electrons. The van der Waals surface area contributed by atoms with Gasteiger partial charge in [-0.3, -0.25) is 4.79 Å². The van der Waals surface area contributed by atoms with Gasteiger partial charge in [0.05, 0.1) is 24.3 Å². The number of amides is 1. The van der Waals surface area contributed by atoms with Crippen LogP contribution in [0, 0.1) is 13.8 Å². The number of benzene rings is 2. The van der Waals surface area contributed by atoms with Crippen LogP contribution in [0.4, 0.5) is 5.69 Å². The number of carbonyl (C=O) groups is 1. The Balaban J connectivity index is 1.68. The molecule has 0 aliphatic carbocycles. The second-order valence-corrected chi connectivity index (χ2v) is 7.36. The van der Waals surface area contributed by atoms with E-state index in [-0.39, 0.29) is 18.3 Å². The van der Waals surface area contributed by atoms with Gasteiger partial charge in [0.15, 0.2) is 5.16 Å². The summed E-state index contributed by atoms with van der Waals surface area (Å²) in [5, 5.41) is 13.3. The van der Waals surface area contributed by atoms with E-state index in [2.05, 4.69) is 10.3 Å². The largest absolute Gasteiger partial charge is 0.390 e. The van der Waals surface area contributed by atoms with Crippen molar-refractivity contribution in [2.75, 3.05) is 11.1 Å². The molecule has 0 saturated carbocycles. The van der Waals surface area contributed by atoms with E-state index >= 15 is 0 Å². The minimum absolute atomic E-state index is 0.0755. The molecule has 6 heteroatoms. The predicted molar refractivity (Wildman–Crippen MR) is 109 cm³/mol. The van der Waals surface area contributed by atoms with E-state index in [1.54, 1.807) is 6.20 Å². The molecule has 5 nitrogen and oxygen atoms in total. The number of nitrogens with one attached hydrogen (secondary N) is 1. The first-order chi connectivity index (χ1) is 13.1. The number of hydrogen-bond donors (Lipinski definition) is 2. The third-order valence-corrected chi connectivity index (χ3v) is 5.24. The van der Waals surface area contributed by atoms with Crippen molar-refractivity contribution < 1.29 is 9.90 Å². The number of aliphatic hydroxyl groups is 1. The van der Waals surface area contributed by atoms with Crippen molar-refractivity contribution >= 4 is 23.4 Å². The van der Waals surface area contributed by atoms with Crippen molar-refractivity contribution in [3.8, 4) is 0 Å². The average Bonchev–Trinajstić information content (AvgIpc) is 3.05. The van der Waals surface area contributed by atoms with Crippen LogP contribution in [0.2, 0.25) is 0 Å². The zero-order chi connectivity index (χ0) is 19.2. The summed E-state index contributed by atoms with van der Waals surface area (Å²) in [6, 6.07) is 16.0. The highest BCUT2D eigenvalue weighted by Gasteiger charge is 2.13. The lowest BCUT2D eigenvalue weighted by Gasteiger charge is -2.12. The molecule has 0 saturated heterocycles. The molecule has 0 atom stereocenters. The average molecular weight is 382 g/mol. The van der Waals surface area contributed by atoms with Gasteiger partial charge in [0.2, 0.25) is 5.91 Å². The number of aliphatic hydroxyl groups excluding tert-OH is 1. The molecule has 3 rings (SSSR count). The SMILES string of the molecule is Cc1ccc(C)c(NC(=O)CSc2ncc(CO)n2Cc2ccccc2)c1. The third kappa shape index (κ3) is 4.99. The highest BCUT2D eigenvalue weighted by atomic mass is 32.2. The molecule has 1 aromatic heterocycles. The molecule has 0 radical (unpaired) electrons. The fourth-order valence-corrected chi connectivity index (χ4v) is 3.55. The van der Waals surface area contributed by atoms with Gasteiger partial charge in [-0.2, -0.15) is 0 Å². The van der Waals surface area contributed by atoms with Crippen LogP contribution < -0.4 is 5.32 Å². The molecule has 0 aliphatic heterocycles. The summed E-state index contributed by atoms with van der Waals surface area (Å²) in [6.45, 7) is 4.50. The highest BCUT2D eigenvalue weighted by Crippen LogP contribution is 2.22. The van der Waals surface area contributed by atoms with Crippen molar-refractivity contribution in [3.05, 3.63) is 77.1 Å². The van der Waals surface area contributed by atoms with Gasteiger partial charge in [0, 0.05) is 12.2 Å². The number of imidazole rings is 1. The lowest BCUT2D eigenvalue weighted by atomic mass is 10.1. The number of anilines is 1. The molecule has 0 unspecified atom stereocenters. The van der Waals surface area contributed by atoms with E-state index in [0.29, 0.717) is 6.54 Å². The Hall–Kier alpha value is -2.57. The number of aromatic nitrogens is 2. The van der Waals surface area contributed by atoms with Crippen molar-refractivity contribution in [2.24, 2.45) is 0 Å². The molecule has 27 heavy (non-hydrogen) atoms. The van der Waals surface area contributed by atoms with Gasteiger partial charge in [0.1, 0.15) is 0 Å². The minimum atomic E-state index is -0.0882. The summed E-state index contributed by atoms with van der Waals surface area (Å²) in [5.41, 5.74) is 4.83. The lowest BCUT2D eigenvalue weighted by molar-refractivity contribution is -0.113. The molecule has 1 heterocycles. The summed E-state index contributed by atoms with van der Waals surface area (Å²) in [4.78, 5) is 16.8. The Labute approximate surface area is 163 Å². The summed E-state index contributed by atoms with van der Waals surface area (Å²) in [5.74, 6) is 0.179. The number of rotatable bonds is 7. The topological polar surface area (TPSA) is 67.2 Å². The molecule has 0 bridgehead atoms. The van der Waals surface area contributed by atoms with Crippen molar-refractivity contribution in [1.29, 1.82) is 0 Å². The molecular weight excluding hydrogens is 358 g/mol. The van der Waals surface area contributed by atoms with Gasteiger partial charge >= 0.3 is 0 Å². The first kappa shape index (κ1) is 19.2. The zero-order valence-electron chi connectivity index (χ0n) is 15.5. The lowest BCUT2D eigenvalue weighted by Crippen LogP contribution is -2.16. The maximum absolute atomic E-state index is 12.4. The van der Waals surface area contributed by atoms with E-state index in [0.717, 1.165) is 33.2 Å². The van der Waals surface area contributed by atoms with Crippen LogP contribution in [0.25, 0.3) is 0 Å². The smallest absolute Gasteiger partial charge is 0.234 e. The Morgan fingerprint density at radius 1 is 1.19 bits per heavy atom. The number of aryl methyl sites for hydroxylation is 2. The second kappa shape index (κ2) is 8.88. The molecule has 0 spiro atoms. The van der Waals surface area contributed by atoms with Crippen LogP contribution in [-0.2, 0) is 17.9 Å². The van der Waals surface area contributed by atoms with Crippen molar-refractivity contribution in [1.82, 2.24) is 9.55 Å². The van der Waals surface area contributed by atoms with Gasteiger partial charge < -0.3 is 15.0 Å². The third-order valence-electron chi connectivity index (χ3n) is 4.25. The first-order valence-corrected chi connectivity index (χ1v) is 9.74. The highest BCUT2D eigenvalue weighted by molar-refractivity contribution is 7.99. The van der Waals surface area contributed by atoms with E-state index in [1.165, 1.54) is 11.8 Å². The standard InChI is InChI=1S/C21H23N3O2S/c1-15-8-9-16(2)19(10-15)23-20(26)14-27-21-22-11-18(13-25)24(21)12-17-6-4-3-5-7-17/h3-11,25H,12-14H2,1-2H3,(H,23,26). The van der Waals surface area contributed by atoms with Crippen LogP contribution in [0.1, 0.15) is 22.4 Å². The fraction of sp³-hybridized carbons (Fsp3) is 0.238. The Bertz CT molecular complexity index is 922. The van der Waals surface area contributed by atoms with Gasteiger partial charge in [-0.05, 0) is 36.6 Å². The number of hydrogen-bond acceptors (Lipinski definition) is 4. The molecule has 2 aromatic carbocycles. The minimum Gasteiger partial charge on any atom is -0.390 e. The van der Waals surface area contributed by atoms with E-state index in [1.807, 2.05) is 66.9 Å². The summed E-state index contributed by atoms with van der Waals surface area (Å²) in [7, 11) is 0. The molecule has 1 amide bonds. The number of nitrogens with zero attached hydrogens (tertiary/aromatic N) is 2. The maximum Gasteiger partial charge on any atom is 0.234 e. The van der Waals surface area contributed by atoms with Gasteiger partial charge in [0.25, 0.3) is 0 Å². The van der Waals surface area contributed by atoms with Gasteiger partial charge in [-0.15, -0.1) is 0 Å². The van der Waals surface area contributed by atoms with Crippen LogP contribution in [0.15, 0.2) is 59.9 Å². The number of thioether (sulfide) groups is 1. The summed E-state index contributed by atoms with van der Waals surface area (Å²) in [6.07, 6.45) is 1.66. The Morgan fingerprint density at radius 3 is 2.70 bits per heavy atom. The van der Waals surface area contributed by atoms with Gasteiger partial charge in [-0.25, -0.2) is 4.98 Å². The summed E-state index contributed by atoms with van der Waals surface area (Å²) >= 11 is 1.37. The molecule has 0 aliphatic rings. The van der Waals surface area contributed by atoms with Crippen molar-refractivity contribution in [3.63, 3.8) is 0 Å². The van der Waals surface area contributed by atoms with Crippen LogP contribution in [0.3, 0.4) is 0 Å². The van der Waals surface area contributed by atoms with Crippen LogP contribution >= 0.6 is 11.8 Å². The molecule has 0 fully saturated rings. The Morgan fingerprint density at radius 2 is 1.96 bits per heavy atom. The second-order valence-electron chi connectivity index (χ2n) is 6.42. The quantitative estimate of drug-likeness (QED) is 0.612. The fourth-order valence-electron chi connectivity index (χ4n) is 2.76. The van der Waals surface area contributed by atoms with E-state index < -0.39 is 0 Å². The molecule has 2 N–H and O–H groups in total. The predicted octanol–water partition coefficient (Wildman–Crippen LogP) is 3.77. The summed E-state index contributed by atoms with van der Waals surface area (Å²) < 4.78 is 1.95. The first-order valence-electron chi connectivity index (χ1n) is 8.76. The van der Waals surface area contributed by atoms with E-state index in [4.69, 9.17) is 0 Å². The molecule has 3 aromatic rings. The van der Waals surface area contributed by atoms with Gasteiger partial charge in [-0.1, -0.05) is 54.2 Å². The monoisotopic (exact) mass is 381 g/mol. The normalized spacial score (nSPS) is 10.8. The maximum atomic E-state index is 12.4. The van der Waals surface area contributed by atoms with Crippen LogP contribution in [-0.4, -0.2) is 26.3 Å². The Kier molecular flexibility index (Phi) is 6.32.